The minimum atomic E-state index is -1.76. The molecule has 0 nitrogen and oxygen atoms in total. The van der Waals surface area contributed by atoms with Crippen LogP contribution in [0.1, 0.15) is 139 Å². The minimum Gasteiger partial charge on any atom is -0.125 e. The Morgan fingerprint density at radius 1 is 0.242 bits per heavy atom. The van der Waals surface area contributed by atoms with Gasteiger partial charge in [0.05, 0.1) is 0 Å². The van der Waals surface area contributed by atoms with Gasteiger partial charge < -0.3 is 0 Å². The van der Waals surface area contributed by atoms with Gasteiger partial charge in [-0.2, -0.15) is 0 Å². The number of rotatable bonds is 6. The fourth-order valence-electron chi connectivity index (χ4n) is 9.03. The molecule has 5 aromatic rings. The Hall–Kier alpha value is -6.11. The van der Waals surface area contributed by atoms with Crippen molar-refractivity contribution in [1.82, 2.24) is 0 Å². The molecular formula is C60H62Si2. The fourth-order valence-corrected chi connectivity index (χ4v) is 19.5. The highest BCUT2D eigenvalue weighted by Gasteiger charge is 2.42. The third-order valence-electron chi connectivity index (χ3n) is 12.4. The molecule has 0 spiro atoms. The summed E-state index contributed by atoms with van der Waals surface area (Å²) in [4.78, 5) is 0. The van der Waals surface area contributed by atoms with E-state index in [-0.39, 0.29) is 0 Å². The number of hydrogen-bond acceptors (Lipinski definition) is 0. The van der Waals surface area contributed by atoms with E-state index in [4.69, 9.17) is 0 Å². The van der Waals surface area contributed by atoms with Gasteiger partial charge in [-0.15, -0.1) is 11.1 Å². The molecule has 0 unspecified atom stereocenters. The van der Waals surface area contributed by atoms with Crippen molar-refractivity contribution in [2.45, 2.75) is 116 Å². The summed E-state index contributed by atoms with van der Waals surface area (Å²) in [7, 11) is -3.52. The summed E-state index contributed by atoms with van der Waals surface area (Å²) in [5, 5.41) is 0. The summed E-state index contributed by atoms with van der Waals surface area (Å²) in [6.07, 6.45) is 0. The van der Waals surface area contributed by atoms with Crippen LogP contribution < -0.4 is 0 Å². The summed E-state index contributed by atoms with van der Waals surface area (Å²) >= 11 is 0. The zero-order valence-electron chi connectivity index (χ0n) is 39.0. The largest absolute Gasteiger partial charge is 0.146 e. The molecule has 0 atom stereocenters. The second-order valence-electron chi connectivity index (χ2n) is 18.2. The zero-order valence-corrected chi connectivity index (χ0v) is 41.0. The lowest BCUT2D eigenvalue weighted by Gasteiger charge is -2.38. The third kappa shape index (κ3) is 12.0. The van der Waals surface area contributed by atoms with Crippen molar-refractivity contribution >= 4 is 16.1 Å². The minimum absolute atomic E-state index is 0.617. The first kappa shape index (κ1) is 47.0. The van der Waals surface area contributed by atoms with Crippen molar-refractivity contribution in [2.24, 2.45) is 0 Å². The van der Waals surface area contributed by atoms with Crippen LogP contribution in [0.5, 0.6) is 0 Å². The standard InChI is InChI=1S/C60H62Si2/c1-45(2)61(46(3)4,47(5)6)42-40-57-32-28-53(29-33-57)18-16-51-20-24-55(25-21-51)36-38-59-14-13-15-60(44-59)39-37-56-26-22-52(23-27-56)17-19-54-30-34-58(35-31-54)41-43-62(48(7)8,49(9)10)50(11)12/h13-15,20-35,44-50H,1-12H3. The molecule has 0 N–H and O–H groups in total. The van der Waals surface area contributed by atoms with Crippen LogP contribution in [0.4, 0.5) is 0 Å². The SMILES string of the molecule is CC(C)[Si](C#Cc1ccc(C#Cc2ccc(C#Cc3cccc(C#Cc4ccc(C#Cc5ccc(C#C[Si](C(C)C)(C(C)C)C(C)C)cc5)cc4)c3)cc2)cc1)(C(C)C)C(C)C. The molecule has 0 fully saturated rings. The van der Waals surface area contributed by atoms with Gasteiger partial charge in [0.2, 0.25) is 0 Å². The van der Waals surface area contributed by atoms with E-state index in [2.05, 4.69) is 202 Å². The molecule has 0 amide bonds. The monoisotopic (exact) mass is 838 g/mol. The molecule has 0 radical (unpaired) electrons. The average Bonchev–Trinajstić information content (AvgIpc) is 3.25. The molecule has 0 aliphatic carbocycles. The van der Waals surface area contributed by atoms with Crippen molar-refractivity contribution < 1.29 is 0 Å². The van der Waals surface area contributed by atoms with E-state index in [0.717, 1.165) is 55.6 Å². The van der Waals surface area contributed by atoms with E-state index in [1.165, 1.54) is 0 Å². The molecular weight excluding hydrogens is 777 g/mol. The molecule has 2 heteroatoms. The summed E-state index contributed by atoms with van der Waals surface area (Å²) in [6.45, 7) is 28.2. The maximum Gasteiger partial charge on any atom is 0.146 e. The summed E-state index contributed by atoms with van der Waals surface area (Å²) in [5.74, 6) is 33.5. The van der Waals surface area contributed by atoms with E-state index >= 15 is 0 Å². The van der Waals surface area contributed by atoms with Crippen molar-refractivity contribution in [3.05, 3.63) is 177 Å². The van der Waals surface area contributed by atoms with Crippen molar-refractivity contribution in [1.29, 1.82) is 0 Å². The van der Waals surface area contributed by atoms with Gasteiger partial charge in [0.1, 0.15) is 16.1 Å². The van der Waals surface area contributed by atoms with Gasteiger partial charge in [0.25, 0.3) is 0 Å². The smallest absolute Gasteiger partial charge is 0.125 e. The quantitative estimate of drug-likeness (QED) is 0.118. The molecule has 0 heterocycles. The van der Waals surface area contributed by atoms with Crippen LogP contribution in [-0.4, -0.2) is 16.1 Å². The third-order valence-corrected chi connectivity index (χ3v) is 25.0. The summed E-state index contributed by atoms with van der Waals surface area (Å²) in [6, 6.07) is 40.9. The normalized spacial score (nSPS) is 11.0. The van der Waals surface area contributed by atoms with Crippen molar-refractivity contribution in [2.75, 3.05) is 0 Å². The maximum atomic E-state index is 3.81. The first-order chi connectivity index (χ1) is 29.6. The molecule has 0 aromatic heterocycles. The molecule has 5 rings (SSSR count). The van der Waals surface area contributed by atoms with E-state index in [1.807, 2.05) is 72.8 Å². The first-order valence-corrected chi connectivity index (χ1v) is 26.7. The molecule has 5 aromatic carbocycles. The summed E-state index contributed by atoms with van der Waals surface area (Å²) < 4.78 is 0. The fraction of sp³-hybridized carbons (Fsp3) is 0.300. The van der Waals surface area contributed by atoms with Gasteiger partial charge in [-0.3, -0.25) is 0 Å². The van der Waals surface area contributed by atoms with Gasteiger partial charge >= 0.3 is 0 Å². The second-order valence-corrected chi connectivity index (χ2v) is 29.3. The predicted octanol–water partition coefficient (Wildman–Crippen LogP) is 14.4. The van der Waals surface area contributed by atoms with E-state index in [1.54, 1.807) is 0 Å². The van der Waals surface area contributed by atoms with Gasteiger partial charge in [-0.05, 0) is 149 Å². The zero-order chi connectivity index (χ0) is 44.9. The highest BCUT2D eigenvalue weighted by molar-refractivity contribution is 6.91. The van der Waals surface area contributed by atoms with Gasteiger partial charge in [0, 0.05) is 55.6 Å². The highest BCUT2D eigenvalue weighted by atomic mass is 28.3. The molecule has 0 saturated heterocycles. The molecule has 0 saturated carbocycles. The summed E-state index contributed by atoms with van der Waals surface area (Å²) in [5.41, 5.74) is 21.0. The molecule has 0 bridgehead atoms. The van der Waals surface area contributed by atoms with Crippen molar-refractivity contribution in [3.8, 4) is 70.3 Å². The van der Waals surface area contributed by atoms with E-state index in [0.29, 0.717) is 33.2 Å². The van der Waals surface area contributed by atoms with Crippen LogP contribution in [-0.2, 0) is 0 Å². The van der Waals surface area contributed by atoms with Crippen molar-refractivity contribution in [3.63, 3.8) is 0 Å². The lowest BCUT2D eigenvalue weighted by atomic mass is 10.1. The molecule has 0 aliphatic heterocycles. The maximum absolute atomic E-state index is 3.81. The van der Waals surface area contributed by atoms with Crippen LogP contribution in [0, 0.1) is 70.3 Å². The Morgan fingerprint density at radius 3 is 0.613 bits per heavy atom. The van der Waals surface area contributed by atoms with E-state index in [9.17, 15) is 0 Å². The Kier molecular flexibility index (Phi) is 16.4. The van der Waals surface area contributed by atoms with Crippen LogP contribution in [0.3, 0.4) is 0 Å². The van der Waals surface area contributed by atoms with Gasteiger partial charge in [-0.1, -0.05) is 148 Å². The van der Waals surface area contributed by atoms with Gasteiger partial charge in [0.15, 0.2) is 0 Å². The number of hydrogen-bond donors (Lipinski definition) is 0. The Morgan fingerprint density at radius 2 is 0.419 bits per heavy atom. The van der Waals surface area contributed by atoms with E-state index < -0.39 is 16.1 Å². The van der Waals surface area contributed by atoms with Crippen LogP contribution in [0.15, 0.2) is 121 Å². The lowest BCUT2D eigenvalue weighted by molar-refractivity contribution is 0.838. The van der Waals surface area contributed by atoms with Crippen LogP contribution in [0.25, 0.3) is 0 Å². The lowest BCUT2D eigenvalue weighted by Crippen LogP contribution is -2.43. The Labute approximate surface area is 377 Å². The second kappa shape index (κ2) is 21.6. The topological polar surface area (TPSA) is 0 Å². The Balaban J connectivity index is 1.17. The Bertz CT molecular complexity index is 2460. The number of benzene rings is 5. The van der Waals surface area contributed by atoms with Crippen LogP contribution in [0.2, 0.25) is 33.2 Å². The highest BCUT2D eigenvalue weighted by Crippen LogP contribution is 2.42. The van der Waals surface area contributed by atoms with Crippen LogP contribution >= 0.6 is 0 Å². The molecule has 0 aliphatic rings. The molecule has 310 valence electrons. The predicted molar refractivity (Wildman–Crippen MR) is 272 cm³/mol. The first-order valence-electron chi connectivity index (χ1n) is 22.3. The average molecular weight is 839 g/mol. The van der Waals surface area contributed by atoms with Gasteiger partial charge in [-0.25, -0.2) is 0 Å². The molecule has 62 heavy (non-hydrogen) atoms.